The lowest BCUT2D eigenvalue weighted by Gasteiger charge is -2.16. The van der Waals surface area contributed by atoms with Crippen molar-refractivity contribution in [3.8, 4) is 84.5 Å². The van der Waals surface area contributed by atoms with Gasteiger partial charge in [-0.3, -0.25) is 0 Å². The van der Waals surface area contributed by atoms with Crippen molar-refractivity contribution in [2.45, 2.75) is 0 Å². The summed E-state index contributed by atoms with van der Waals surface area (Å²) >= 11 is 5.58. The van der Waals surface area contributed by atoms with Crippen LogP contribution in [0.25, 0.3) is 287 Å². The van der Waals surface area contributed by atoms with Gasteiger partial charge in [0.2, 0.25) is 0 Å². The summed E-state index contributed by atoms with van der Waals surface area (Å²) in [5, 5.41) is 23.7. The molecule has 0 radical (unpaired) electrons. The van der Waals surface area contributed by atoms with Crippen LogP contribution < -0.4 is 0 Å². The van der Waals surface area contributed by atoms with Crippen molar-refractivity contribution in [1.82, 2.24) is 37.8 Å². The van der Waals surface area contributed by atoms with Gasteiger partial charge in [-0.1, -0.05) is 358 Å². The average molecular weight is 1910 g/mol. The second kappa shape index (κ2) is 33.6. The summed E-state index contributed by atoms with van der Waals surface area (Å²) < 4.78 is 19.9. The predicted octanol–water partition coefficient (Wildman–Crippen LogP) is 37.6. The average Bonchev–Trinajstić information content (AvgIpc) is 1.54. The molecule has 0 N–H and O–H groups in total. The van der Waals surface area contributed by atoms with Gasteiger partial charge >= 0.3 is 0 Å². The van der Waals surface area contributed by atoms with Gasteiger partial charge in [0, 0.05) is 176 Å². The van der Waals surface area contributed by atoms with E-state index in [1.807, 2.05) is 34.0 Å². The number of pyridine rings is 3. The maximum atomic E-state index is 5.37. The van der Waals surface area contributed by atoms with Gasteiger partial charge in [-0.25, -0.2) is 15.0 Å². The number of benzene rings is 21. The molecule has 21 aromatic carbocycles. The Bertz CT molecular complexity index is 10700. The van der Waals surface area contributed by atoms with Crippen LogP contribution >= 0.6 is 34.0 Å². The highest BCUT2D eigenvalue weighted by atomic mass is 32.1. The van der Waals surface area contributed by atoms with Crippen LogP contribution in [0.2, 0.25) is 0 Å². The van der Waals surface area contributed by atoms with Crippen molar-refractivity contribution in [1.29, 1.82) is 0 Å². The fourth-order valence-electron chi connectivity index (χ4n) is 23.4. The molecule has 0 saturated heterocycles. The van der Waals surface area contributed by atoms with E-state index in [-0.39, 0.29) is 0 Å². The van der Waals surface area contributed by atoms with Crippen LogP contribution in [-0.4, -0.2) is 37.8 Å². The van der Waals surface area contributed by atoms with Crippen LogP contribution in [0, 0.1) is 0 Å². The van der Waals surface area contributed by atoms with Crippen LogP contribution in [0.5, 0.6) is 0 Å². The smallest absolute Gasteiger partial charge is 0.0803 e. The molecular weight excluding hydrogens is 1830 g/mol. The third-order valence-electron chi connectivity index (χ3n) is 29.7. The van der Waals surface area contributed by atoms with Crippen LogP contribution in [0.1, 0.15) is 0 Å². The number of para-hydroxylation sites is 12. The molecule has 0 bridgehead atoms. The SMILES string of the molecule is c1cc(-c2ccc(-c3nc4ccccc4c4sc5ccccc5c34)cc2)cc(-n2c3ccccc3c3ccccc32)c1.c1ccc(-n2c3ccccc3c3ccc4c5ccccc5n(-c5cccc(-c6nc7ccccc7c7sc8ccccc8c67)c5)c4c32)cc1.c1ccc2c(c1)nc(-c1ccc(-c3cc(-n4c5ccccc5c5ccccc54)cc(-n4c5ccccc5c5ccccc54)c3)cc1)c1c3ccccc3sc21. The normalized spacial score (nSPS) is 12.0. The fraction of sp³-hybridized carbons (Fsp3) is 0. The summed E-state index contributed by atoms with van der Waals surface area (Å²) in [7, 11) is 0. The number of hydrogen-bond donors (Lipinski definition) is 0. The molecule has 0 unspecified atom stereocenters. The Kier molecular flexibility index (Phi) is 19.2. The first kappa shape index (κ1) is 83.3. The van der Waals surface area contributed by atoms with E-state index in [2.05, 4.69) is 520 Å². The van der Waals surface area contributed by atoms with Gasteiger partial charge in [-0.15, -0.1) is 34.0 Å². The number of rotatable bonds is 10. The number of hydrogen-bond acceptors (Lipinski definition) is 6. The first-order chi connectivity index (χ1) is 72.4. The maximum Gasteiger partial charge on any atom is 0.0803 e. The molecule has 11 heterocycles. The van der Waals surface area contributed by atoms with Gasteiger partial charge in [-0.2, -0.15) is 0 Å². The van der Waals surface area contributed by atoms with Crippen molar-refractivity contribution >= 4 is 236 Å². The number of fused-ring (bicyclic) bond motifs is 31. The molecule has 0 atom stereocenters. The second-order valence-corrected chi connectivity index (χ2v) is 41.0. The third kappa shape index (κ3) is 13.2. The maximum absolute atomic E-state index is 5.37. The summed E-state index contributed by atoms with van der Waals surface area (Å²) in [6.07, 6.45) is 0. The highest BCUT2D eigenvalue weighted by Gasteiger charge is 2.27. The first-order valence-corrected chi connectivity index (χ1v) is 52.0. The van der Waals surface area contributed by atoms with Crippen molar-refractivity contribution in [3.05, 3.63) is 497 Å². The molecule has 0 amide bonds. The molecule has 0 aliphatic rings. The largest absolute Gasteiger partial charge is 0.309 e. The lowest BCUT2D eigenvalue weighted by Crippen LogP contribution is -2.00. The minimum Gasteiger partial charge on any atom is -0.309 e. The molecule has 146 heavy (non-hydrogen) atoms. The van der Waals surface area contributed by atoms with E-state index in [0.29, 0.717) is 0 Å². The minimum absolute atomic E-state index is 1.02. The minimum atomic E-state index is 1.02. The molecular formula is C135H82N8S3. The van der Waals surface area contributed by atoms with E-state index in [9.17, 15) is 0 Å². The Labute approximate surface area is 849 Å². The van der Waals surface area contributed by atoms with E-state index < -0.39 is 0 Å². The molecule has 11 aromatic heterocycles. The van der Waals surface area contributed by atoms with Gasteiger partial charge in [0.05, 0.1) is 88.8 Å². The zero-order valence-corrected chi connectivity index (χ0v) is 81.1. The van der Waals surface area contributed by atoms with Crippen LogP contribution in [0.4, 0.5) is 0 Å². The molecule has 0 fully saturated rings. The predicted molar refractivity (Wildman–Crippen MR) is 623 cm³/mol. The quantitative estimate of drug-likeness (QED) is 0.137. The summed E-state index contributed by atoms with van der Waals surface area (Å²) in [5.74, 6) is 0. The molecule has 0 aliphatic heterocycles. The second-order valence-electron chi connectivity index (χ2n) is 37.8. The summed E-state index contributed by atoms with van der Waals surface area (Å²) in [4.78, 5) is 15.9. The zero-order valence-electron chi connectivity index (χ0n) is 78.6. The molecule has 0 spiro atoms. The topological polar surface area (TPSA) is 63.3 Å². The highest BCUT2D eigenvalue weighted by molar-refractivity contribution is 7.27. The van der Waals surface area contributed by atoms with Gasteiger partial charge < -0.3 is 22.8 Å². The van der Waals surface area contributed by atoms with Gasteiger partial charge in [0.15, 0.2) is 0 Å². The van der Waals surface area contributed by atoms with Crippen LogP contribution in [-0.2, 0) is 0 Å². The summed E-state index contributed by atoms with van der Waals surface area (Å²) in [6, 6.07) is 180. The monoisotopic (exact) mass is 1910 g/mol. The number of nitrogens with zero attached hydrogens (tertiary/aromatic N) is 8. The van der Waals surface area contributed by atoms with Gasteiger partial charge in [-0.05, 0) is 162 Å². The molecule has 8 nitrogen and oxygen atoms in total. The van der Waals surface area contributed by atoms with Crippen molar-refractivity contribution in [2.24, 2.45) is 0 Å². The third-order valence-corrected chi connectivity index (χ3v) is 33.4. The van der Waals surface area contributed by atoms with Crippen molar-refractivity contribution in [3.63, 3.8) is 0 Å². The van der Waals surface area contributed by atoms with E-state index in [4.69, 9.17) is 15.0 Å². The van der Waals surface area contributed by atoms with Gasteiger partial charge in [0.1, 0.15) is 0 Å². The Hall–Kier alpha value is -18.5. The van der Waals surface area contributed by atoms with Crippen LogP contribution in [0.3, 0.4) is 0 Å². The number of thiophene rings is 3. The Morgan fingerprint density at radius 2 is 0.390 bits per heavy atom. The number of aromatic nitrogens is 8. The summed E-state index contributed by atoms with van der Waals surface area (Å²) in [5.41, 5.74) is 31.9. The molecule has 32 aromatic rings. The highest BCUT2D eigenvalue weighted by Crippen LogP contribution is 2.51. The lowest BCUT2D eigenvalue weighted by atomic mass is 9.98. The Balaban J connectivity index is 0.000000102. The van der Waals surface area contributed by atoms with E-state index >= 15 is 0 Å². The van der Waals surface area contributed by atoms with Crippen LogP contribution in [0.15, 0.2) is 497 Å². The van der Waals surface area contributed by atoms with Gasteiger partial charge in [0.25, 0.3) is 0 Å². The Morgan fingerprint density at radius 3 is 0.760 bits per heavy atom. The van der Waals surface area contributed by atoms with E-state index in [1.54, 1.807) is 0 Å². The molecule has 11 heteroatoms. The zero-order chi connectivity index (χ0) is 95.7. The molecule has 0 saturated carbocycles. The van der Waals surface area contributed by atoms with Crippen molar-refractivity contribution in [2.75, 3.05) is 0 Å². The molecule has 680 valence electrons. The molecule has 0 aliphatic carbocycles. The summed E-state index contributed by atoms with van der Waals surface area (Å²) in [6.45, 7) is 0. The first-order valence-electron chi connectivity index (χ1n) is 49.6. The van der Waals surface area contributed by atoms with E-state index in [0.717, 1.165) is 89.9 Å². The lowest BCUT2D eigenvalue weighted by molar-refractivity contribution is 1.13. The fourth-order valence-corrected chi connectivity index (χ4v) is 27.1. The van der Waals surface area contributed by atoms with Crippen molar-refractivity contribution < 1.29 is 0 Å². The standard InChI is InChI=1S/C51H31N3S.C45H27N3S.C39H24N2S/c1-7-19-43-41(17-1)51-49(42-18-6-12-24-48(42)55-51)50(52-43)33-27-25-32(26-28-33)34-29-35(53-44-20-8-2-13-37(44)38-14-3-9-21-45(38)53)31-36(30-34)54-46-22-10-4-15-39(46)40-16-5-11-23-47(40)54;1-2-14-29(15-3-1)47-38-22-9-5-17-31(38)33-25-26-34-32-18-6-10-23-39(32)48(44(34)43(33)47)30-16-12-13-28(27-30)42-41-36-20-7-11-24-40(36)49-45(41)35-19-4-8-21-37(35)46-42;1-5-16-33-31(14-1)39-37(32-15-4-8-19-36(32)42-39)38(40-33)26-22-20-25(21-23-26)27-10-9-11-28(24-27)41-34-17-6-2-12-29(34)30-13-3-7-18-35(30)41/h1-31H;1-27H;1-24H. The molecule has 32 rings (SSSR count). The Morgan fingerprint density at radius 1 is 0.144 bits per heavy atom. The van der Waals surface area contributed by atoms with E-state index in [1.165, 1.54) is 197 Å².